The Morgan fingerprint density at radius 3 is 0.986 bits per heavy atom. The first-order valence-corrected chi connectivity index (χ1v) is 21.1. The molecule has 0 aliphatic heterocycles. The number of nitrogens with two attached hydrogens (primary N) is 2. The van der Waals surface area contributed by atoms with Gasteiger partial charge in [0.2, 0.25) is 0 Å². The van der Waals surface area contributed by atoms with Crippen molar-refractivity contribution in [1.82, 2.24) is 0 Å². The van der Waals surface area contributed by atoms with Gasteiger partial charge in [0.25, 0.3) is 0 Å². The fourth-order valence-electron chi connectivity index (χ4n) is 7.04. The average molecular weight is 925 g/mol. The Kier molecular flexibility index (Phi) is 14.2. The van der Waals surface area contributed by atoms with Crippen molar-refractivity contribution in [3.05, 3.63) is 215 Å². The van der Waals surface area contributed by atoms with Crippen molar-refractivity contribution in [3.63, 3.8) is 0 Å². The Morgan fingerprint density at radius 2 is 0.652 bits per heavy atom. The van der Waals surface area contributed by atoms with Gasteiger partial charge in [0.15, 0.2) is 0 Å². The Labute approximate surface area is 395 Å². The van der Waals surface area contributed by atoms with Crippen molar-refractivity contribution in [2.45, 2.75) is 19.3 Å². The van der Waals surface area contributed by atoms with E-state index in [-0.39, 0.29) is 50.5 Å². The molecule has 0 unspecified atom stereocenters. The fraction of sp³-hybridized carbons (Fsp3) is 0.0545. The van der Waals surface area contributed by atoms with Crippen LogP contribution in [0.1, 0.15) is 66.4 Å². The fourth-order valence-corrected chi connectivity index (χ4v) is 7.04. The molecule has 8 rings (SSSR count). The first kappa shape index (κ1) is 47.4. The van der Waals surface area contributed by atoms with Crippen molar-refractivity contribution in [2.75, 3.05) is 11.5 Å². The molecule has 14 heteroatoms. The van der Waals surface area contributed by atoms with Crippen LogP contribution in [0.5, 0.6) is 46.0 Å². The molecule has 0 bridgehead atoms. The Balaban J connectivity index is 0.000000206. The van der Waals surface area contributed by atoms with Gasteiger partial charge in [-0.1, -0.05) is 86.6 Å². The Hall–Kier alpha value is -9.56. The quantitative estimate of drug-likeness (QED) is 0.0525. The van der Waals surface area contributed by atoms with Crippen LogP contribution < -0.4 is 30.4 Å². The number of ether oxygens (including phenoxy) is 4. The molecule has 0 saturated carbocycles. The standard InChI is InChI=1S/C29H26N2O6.C26H18O6/c1-29(2,17-3-7-19(8-4-17)36-21-11-13-25(30)23(15-21)27(32)33)18-5-9-20(10-6-18)37-22-12-14-26(31)24(16-22)28(34)35;27-25(28)21-5-1-3-7-23(21)31-19-13-9-17(10-14-19)18-11-15-20(16-12-18)32-24-8-4-2-6-22(24)26(29)30/h3-16H,30-31H2,1-2H3,(H,32,33)(H,34,35);1-16H,(H,27,28)(H,29,30). The molecule has 8 aromatic rings. The van der Waals surface area contributed by atoms with E-state index < -0.39 is 23.9 Å². The number of rotatable bonds is 15. The van der Waals surface area contributed by atoms with Gasteiger partial charge in [0.05, 0.1) is 11.1 Å². The van der Waals surface area contributed by atoms with E-state index in [1.807, 2.05) is 72.8 Å². The van der Waals surface area contributed by atoms with Gasteiger partial charge < -0.3 is 50.8 Å². The summed E-state index contributed by atoms with van der Waals surface area (Å²) in [5.41, 5.74) is 15.5. The summed E-state index contributed by atoms with van der Waals surface area (Å²) in [5.74, 6) is -0.855. The number of aromatic carboxylic acids is 4. The maximum atomic E-state index is 11.3. The van der Waals surface area contributed by atoms with Gasteiger partial charge in [-0.3, -0.25) is 0 Å². The number of hydrogen-bond acceptors (Lipinski definition) is 10. The van der Waals surface area contributed by atoms with E-state index in [2.05, 4.69) is 13.8 Å². The summed E-state index contributed by atoms with van der Waals surface area (Å²) >= 11 is 0. The zero-order valence-corrected chi connectivity index (χ0v) is 37.0. The molecule has 346 valence electrons. The van der Waals surface area contributed by atoms with Crippen LogP contribution in [0.3, 0.4) is 0 Å². The SMILES string of the molecule is CC(C)(c1ccc(Oc2ccc(N)c(C(=O)O)c2)cc1)c1ccc(Oc2ccc(N)c(C(=O)O)c2)cc1.O=C(O)c1ccccc1Oc1ccc(-c2ccc(Oc3ccccc3C(=O)O)cc2)cc1. The second-order valence-corrected chi connectivity index (χ2v) is 15.8. The number of carboxylic acid groups (broad SMARTS) is 4. The number of hydrogen-bond donors (Lipinski definition) is 6. The first-order chi connectivity index (χ1) is 33.0. The van der Waals surface area contributed by atoms with Gasteiger partial charge in [0.1, 0.15) is 57.1 Å². The number of nitrogen functional groups attached to an aromatic ring is 2. The largest absolute Gasteiger partial charge is 0.478 e. The average Bonchev–Trinajstić information content (AvgIpc) is 3.34. The lowest BCUT2D eigenvalue weighted by Gasteiger charge is -2.26. The van der Waals surface area contributed by atoms with Crippen molar-refractivity contribution < 1.29 is 58.6 Å². The van der Waals surface area contributed by atoms with Crippen molar-refractivity contribution in [2.24, 2.45) is 0 Å². The monoisotopic (exact) mass is 924 g/mol. The summed E-state index contributed by atoms with van der Waals surface area (Å²) in [5, 5.41) is 37.1. The number of carbonyl (C=O) groups is 4. The highest BCUT2D eigenvalue weighted by molar-refractivity contribution is 5.95. The van der Waals surface area contributed by atoms with E-state index in [9.17, 15) is 39.6 Å². The summed E-state index contributed by atoms with van der Waals surface area (Å²) in [4.78, 5) is 45.3. The van der Waals surface area contributed by atoms with E-state index in [4.69, 9.17) is 30.4 Å². The molecule has 8 N–H and O–H groups in total. The third kappa shape index (κ3) is 11.6. The number of anilines is 2. The van der Waals surface area contributed by atoms with Crippen molar-refractivity contribution in [3.8, 4) is 57.1 Å². The second-order valence-electron chi connectivity index (χ2n) is 15.8. The molecule has 0 saturated heterocycles. The third-order valence-electron chi connectivity index (χ3n) is 10.9. The van der Waals surface area contributed by atoms with Crippen molar-refractivity contribution >= 4 is 35.3 Å². The Bertz CT molecular complexity index is 2940. The molecule has 14 nitrogen and oxygen atoms in total. The molecule has 0 atom stereocenters. The zero-order chi connectivity index (χ0) is 49.2. The highest BCUT2D eigenvalue weighted by Gasteiger charge is 2.24. The van der Waals surface area contributed by atoms with Gasteiger partial charge >= 0.3 is 23.9 Å². The Morgan fingerprint density at radius 1 is 0.362 bits per heavy atom. The van der Waals surface area contributed by atoms with Crippen LogP contribution in [0.15, 0.2) is 182 Å². The van der Waals surface area contributed by atoms with Crippen LogP contribution in [-0.2, 0) is 5.41 Å². The smallest absolute Gasteiger partial charge is 0.339 e. The zero-order valence-electron chi connectivity index (χ0n) is 37.0. The number of benzene rings is 8. The van der Waals surface area contributed by atoms with Crippen LogP contribution in [0.25, 0.3) is 11.1 Å². The van der Waals surface area contributed by atoms with E-state index in [1.54, 1.807) is 72.8 Å². The number of carboxylic acids is 4. The minimum Gasteiger partial charge on any atom is -0.478 e. The van der Waals surface area contributed by atoms with Crippen LogP contribution >= 0.6 is 0 Å². The molecule has 69 heavy (non-hydrogen) atoms. The normalized spacial score (nSPS) is 10.8. The molecule has 0 radical (unpaired) electrons. The van der Waals surface area contributed by atoms with Crippen LogP contribution in [-0.4, -0.2) is 44.3 Å². The first-order valence-electron chi connectivity index (χ1n) is 21.1. The van der Waals surface area contributed by atoms with Gasteiger partial charge in [-0.05, 0) is 131 Å². The molecular formula is C55H44N2O12. The lowest BCUT2D eigenvalue weighted by atomic mass is 9.78. The maximum Gasteiger partial charge on any atom is 0.339 e. The highest BCUT2D eigenvalue weighted by atomic mass is 16.5. The third-order valence-corrected chi connectivity index (χ3v) is 10.9. The van der Waals surface area contributed by atoms with E-state index >= 15 is 0 Å². The molecule has 0 aromatic heterocycles. The minimum absolute atomic E-state index is 0.0126. The minimum atomic E-state index is -1.12. The topological polar surface area (TPSA) is 238 Å². The predicted molar refractivity (Wildman–Crippen MR) is 260 cm³/mol. The summed E-state index contributed by atoms with van der Waals surface area (Å²) in [6, 6.07) is 51.6. The van der Waals surface area contributed by atoms with Gasteiger partial charge in [0, 0.05) is 16.8 Å². The van der Waals surface area contributed by atoms with Gasteiger partial charge in [-0.25, -0.2) is 19.2 Å². The second kappa shape index (κ2) is 20.7. The molecule has 0 aliphatic carbocycles. The predicted octanol–water partition coefficient (Wildman–Crippen LogP) is 12.5. The van der Waals surface area contributed by atoms with E-state index in [0.717, 1.165) is 22.3 Å². The lowest BCUT2D eigenvalue weighted by molar-refractivity contribution is 0.0683. The molecular weight excluding hydrogens is 881 g/mol. The van der Waals surface area contributed by atoms with E-state index in [0.29, 0.717) is 34.5 Å². The molecule has 0 aliphatic rings. The molecule has 0 fully saturated rings. The highest BCUT2D eigenvalue weighted by Crippen LogP contribution is 2.36. The van der Waals surface area contributed by atoms with Crippen LogP contribution in [0.4, 0.5) is 11.4 Å². The van der Waals surface area contributed by atoms with Gasteiger partial charge in [-0.15, -0.1) is 0 Å². The maximum absolute atomic E-state index is 11.3. The summed E-state index contributed by atoms with van der Waals surface area (Å²) in [6.07, 6.45) is 0. The van der Waals surface area contributed by atoms with Crippen LogP contribution in [0.2, 0.25) is 0 Å². The van der Waals surface area contributed by atoms with Crippen LogP contribution in [0, 0.1) is 0 Å². The summed E-state index contributed by atoms with van der Waals surface area (Å²) < 4.78 is 23.1. The van der Waals surface area contributed by atoms with E-state index in [1.165, 1.54) is 36.4 Å². The molecule has 8 aromatic carbocycles. The molecule has 0 heterocycles. The lowest BCUT2D eigenvalue weighted by Crippen LogP contribution is -2.18. The van der Waals surface area contributed by atoms with Crippen molar-refractivity contribution in [1.29, 1.82) is 0 Å². The summed E-state index contributed by atoms with van der Waals surface area (Å²) in [7, 11) is 0. The molecule has 0 spiro atoms. The summed E-state index contributed by atoms with van der Waals surface area (Å²) in [6.45, 7) is 4.19. The van der Waals surface area contributed by atoms with Gasteiger partial charge in [-0.2, -0.15) is 0 Å². The molecule has 0 amide bonds. The number of para-hydroxylation sites is 2.